The third-order valence-corrected chi connectivity index (χ3v) is 3.84. The highest BCUT2D eigenvalue weighted by Gasteiger charge is 2.38. The molecule has 1 aromatic carbocycles. The molecule has 1 amide bonds. The number of rotatable bonds is 4. The average molecular weight is 335 g/mol. The smallest absolute Gasteiger partial charge is 0.252 e. The molecule has 1 heterocycles. The fourth-order valence-corrected chi connectivity index (χ4v) is 2.54. The number of carbonyl (C=O) groups excluding carboxylic acids is 1. The van der Waals surface area contributed by atoms with Gasteiger partial charge in [0.1, 0.15) is 0 Å². The normalized spacial score (nSPS) is 17.1. The molecule has 98 valence electrons. The summed E-state index contributed by atoms with van der Waals surface area (Å²) in [7, 11) is 0. The van der Waals surface area contributed by atoms with E-state index in [9.17, 15) is 9.90 Å². The van der Waals surface area contributed by atoms with E-state index >= 15 is 0 Å². The molecule has 1 aliphatic rings. The lowest BCUT2D eigenvalue weighted by atomic mass is 9.87. The predicted octanol–water partition coefficient (Wildman–Crippen LogP) is 1.84. The van der Waals surface area contributed by atoms with Gasteiger partial charge in [-0.15, -0.1) is 0 Å². The van der Waals surface area contributed by atoms with E-state index in [-0.39, 0.29) is 17.9 Å². The molecule has 0 unspecified atom stereocenters. The number of hydrogen-bond donors (Lipinski definition) is 2. The van der Waals surface area contributed by atoms with Crippen molar-refractivity contribution in [3.8, 4) is 0 Å². The second-order valence-electron chi connectivity index (χ2n) is 4.46. The monoisotopic (exact) mass is 333 g/mol. The van der Waals surface area contributed by atoms with Crippen LogP contribution < -0.4 is 5.32 Å². The van der Waals surface area contributed by atoms with Crippen LogP contribution in [0.2, 0.25) is 5.02 Å². The molecular formula is C12H13BrClNO3. The molecule has 0 saturated carbocycles. The van der Waals surface area contributed by atoms with Gasteiger partial charge in [0.15, 0.2) is 0 Å². The number of halogens is 2. The van der Waals surface area contributed by atoms with Crippen LogP contribution >= 0.6 is 27.5 Å². The Morgan fingerprint density at radius 3 is 2.78 bits per heavy atom. The standard InChI is InChI=1S/C12H13BrClNO3/c13-10-3-8(14)1-2-9(10)11(17)15-4-12(5-16)6-18-7-12/h1-3,16H,4-7H2,(H,15,17). The second kappa shape index (κ2) is 5.57. The van der Waals surface area contributed by atoms with E-state index in [1.165, 1.54) is 0 Å². The Morgan fingerprint density at radius 2 is 2.28 bits per heavy atom. The maximum Gasteiger partial charge on any atom is 0.252 e. The molecule has 4 nitrogen and oxygen atoms in total. The highest BCUT2D eigenvalue weighted by molar-refractivity contribution is 9.10. The van der Waals surface area contributed by atoms with Gasteiger partial charge in [0.25, 0.3) is 5.91 Å². The summed E-state index contributed by atoms with van der Waals surface area (Å²) in [5, 5.41) is 12.6. The molecule has 2 N–H and O–H groups in total. The molecule has 1 fully saturated rings. The fourth-order valence-electron chi connectivity index (χ4n) is 1.68. The molecule has 6 heteroatoms. The summed E-state index contributed by atoms with van der Waals surface area (Å²) in [4.78, 5) is 12.0. The third-order valence-electron chi connectivity index (χ3n) is 2.95. The van der Waals surface area contributed by atoms with Gasteiger partial charge in [-0.25, -0.2) is 0 Å². The molecule has 0 bridgehead atoms. The van der Waals surface area contributed by atoms with E-state index in [2.05, 4.69) is 21.2 Å². The first kappa shape index (κ1) is 13.8. The second-order valence-corrected chi connectivity index (χ2v) is 5.75. The number of aliphatic hydroxyl groups excluding tert-OH is 1. The topological polar surface area (TPSA) is 58.6 Å². The van der Waals surface area contributed by atoms with Gasteiger partial charge in [-0.05, 0) is 34.1 Å². The molecule has 2 rings (SSSR count). The van der Waals surface area contributed by atoms with Crippen LogP contribution in [-0.4, -0.2) is 37.4 Å². The van der Waals surface area contributed by atoms with E-state index < -0.39 is 0 Å². The van der Waals surface area contributed by atoms with Crippen molar-refractivity contribution in [1.29, 1.82) is 0 Å². The Hall–Kier alpha value is -0.620. The average Bonchev–Trinajstić information content (AvgIpc) is 2.27. The van der Waals surface area contributed by atoms with Crippen LogP contribution in [0.15, 0.2) is 22.7 Å². The minimum absolute atomic E-state index is 0.00900. The Morgan fingerprint density at radius 1 is 1.56 bits per heavy atom. The summed E-state index contributed by atoms with van der Waals surface area (Å²) in [6.07, 6.45) is 0. The third kappa shape index (κ3) is 2.85. The largest absolute Gasteiger partial charge is 0.396 e. The van der Waals surface area contributed by atoms with Gasteiger partial charge in [0, 0.05) is 16.0 Å². The van der Waals surface area contributed by atoms with Crippen LogP contribution in [0.25, 0.3) is 0 Å². The maximum absolute atomic E-state index is 12.0. The Labute approximate surface area is 118 Å². The van der Waals surface area contributed by atoms with Crippen LogP contribution in [0.1, 0.15) is 10.4 Å². The van der Waals surface area contributed by atoms with Crippen molar-refractivity contribution in [2.24, 2.45) is 5.41 Å². The van der Waals surface area contributed by atoms with Crippen molar-refractivity contribution in [1.82, 2.24) is 5.32 Å². The summed E-state index contributed by atoms with van der Waals surface area (Å²) >= 11 is 9.11. The van der Waals surface area contributed by atoms with Crippen molar-refractivity contribution in [3.05, 3.63) is 33.3 Å². The molecule has 0 aromatic heterocycles. The molecule has 0 radical (unpaired) electrons. The quantitative estimate of drug-likeness (QED) is 0.883. The number of nitrogens with one attached hydrogen (secondary N) is 1. The van der Waals surface area contributed by atoms with Gasteiger partial charge < -0.3 is 15.2 Å². The van der Waals surface area contributed by atoms with Gasteiger partial charge >= 0.3 is 0 Å². The van der Waals surface area contributed by atoms with Crippen LogP contribution in [0.5, 0.6) is 0 Å². The van der Waals surface area contributed by atoms with E-state index in [0.29, 0.717) is 34.8 Å². The molecule has 1 saturated heterocycles. The van der Waals surface area contributed by atoms with Gasteiger partial charge in [-0.2, -0.15) is 0 Å². The van der Waals surface area contributed by atoms with Crippen molar-refractivity contribution in [2.45, 2.75) is 0 Å². The molecule has 18 heavy (non-hydrogen) atoms. The molecule has 1 aliphatic heterocycles. The molecule has 1 aromatic rings. The highest BCUT2D eigenvalue weighted by atomic mass is 79.9. The van der Waals surface area contributed by atoms with Crippen molar-refractivity contribution < 1.29 is 14.6 Å². The summed E-state index contributed by atoms with van der Waals surface area (Å²) in [5.41, 5.74) is 0.196. The number of hydrogen-bond acceptors (Lipinski definition) is 3. The van der Waals surface area contributed by atoms with Gasteiger partial charge in [-0.1, -0.05) is 11.6 Å². The van der Waals surface area contributed by atoms with Crippen molar-refractivity contribution >= 4 is 33.4 Å². The SMILES string of the molecule is O=C(NCC1(CO)COC1)c1ccc(Cl)cc1Br. The summed E-state index contributed by atoms with van der Waals surface area (Å²) in [6.45, 7) is 1.36. The first-order chi connectivity index (χ1) is 8.56. The summed E-state index contributed by atoms with van der Waals surface area (Å²) in [6, 6.07) is 4.99. The van der Waals surface area contributed by atoms with E-state index in [1.54, 1.807) is 18.2 Å². The van der Waals surface area contributed by atoms with E-state index in [4.69, 9.17) is 16.3 Å². The number of benzene rings is 1. The minimum atomic E-state index is -0.325. The predicted molar refractivity (Wildman–Crippen MR) is 71.8 cm³/mol. The lowest BCUT2D eigenvalue weighted by molar-refractivity contribution is -0.133. The van der Waals surface area contributed by atoms with Gasteiger partial charge in [0.2, 0.25) is 0 Å². The molecule has 0 atom stereocenters. The molecule has 0 spiro atoms. The highest BCUT2D eigenvalue weighted by Crippen LogP contribution is 2.26. The van der Waals surface area contributed by atoms with E-state index in [1.807, 2.05) is 0 Å². The van der Waals surface area contributed by atoms with Crippen molar-refractivity contribution in [3.63, 3.8) is 0 Å². The van der Waals surface area contributed by atoms with Crippen LogP contribution in [0, 0.1) is 5.41 Å². The Bertz CT molecular complexity index is 457. The van der Waals surface area contributed by atoms with E-state index in [0.717, 1.165) is 0 Å². The molecular weight excluding hydrogens is 321 g/mol. The first-order valence-electron chi connectivity index (χ1n) is 5.48. The Balaban J connectivity index is 1.99. The van der Waals surface area contributed by atoms with Crippen LogP contribution in [0.3, 0.4) is 0 Å². The van der Waals surface area contributed by atoms with Gasteiger partial charge in [-0.3, -0.25) is 4.79 Å². The number of amides is 1. The zero-order chi connectivity index (χ0) is 13.2. The molecule has 0 aliphatic carbocycles. The fraction of sp³-hybridized carbons (Fsp3) is 0.417. The maximum atomic E-state index is 12.0. The summed E-state index contributed by atoms with van der Waals surface area (Å²) in [5.74, 6) is -0.196. The first-order valence-corrected chi connectivity index (χ1v) is 6.65. The summed E-state index contributed by atoms with van der Waals surface area (Å²) < 4.78 is 5.72. The number of ether oxygens (including phenoxy) is 1. The minimum Gasteiger partial charge on any atom is -0.396 e. The van der Waals surface area contributed by atoms with Crippen LogP contribution in [0.4, 0.5) is 0 Å². The number of aliphatic hydroxyl groups is 1. The lowest BCUT2D eigenvalue weighted by Gasteiger charge is -2.39. The Kier molecular flexibility index (Phi) is 4.27. The van der Waals surface area contributed by atoms with Crippen LogP contribution in [-0.2, 0) is 4.74 Å². The number of carbonyl (C=O) groups is 1. The van der Waals surface area contributed by atoms with Gasteiger partial charge in [0.05, 0.1) is 30.8 Å². The lowest BCUT2D eigenvalue weighted by Crippen LogP contribution is -2.53. The zero-order valence-corrected chi connectivity index (χ0v) is 11.9. The van der Waals surface area contributed by atoms with Crippen molar-refractivity contribution in [2.75, 3.05) is 26.4 Å². The zero-order valence-electron chi connectivity index (χ0n) is 9.58.